The Balaban J connectivity index is 2.05. The largest absolute Gasteiger partial charge is 0.341 e. The molecular formula is C15H22N2O5S2. The van der Waals surface area contributed by atoms with Gasteiger partial charge in [-0.2, -0.15) is 0 Å². The summed E-state index contributed by atoms with van der Waals surface area (Å²) in [7, 11) is -2.01. The van der Waals surface area contributed by atoms with Gasteiger partial charge in [0.15, 0.2) is 9.84 Å². The molecule has 0 N–H and O–H groups in total. The predicted molar refractivity (Wildman–Crippen MR) is 90.8 cm³/mol. The van der Waals surface area contributed by atoms with Crippen LogP contribution in [-0.2, 0) is 31.1 Å². The second-order valence-corrected chi connectivity index (χ2v) is 10.6. The minimum Gasteiger partial charge on any atom is -0.341 e. The molecule has 2 rings (SSSR count). The highest BCUT2D eigenvalue weighted by Crippen LogP contribution is 2.18. The summed E-state index contributed by atoms with van der Waals surface area (Å²) in [5, 5.41) is 0. The van der Waals surface area contributed by atoms with Gasteiger partial charge in [0.1, 0.15) is 0 Å². The molecule has 0 aliphatic carbocycles. The van der Waals surface area contributed by atoms with E-state index >= 15 is 0 Å². The zero-order valence-corrected chi connectivity index (χ0v) is 15.6. The standard InChI is InChI=1S/C15H22N2O5S2/c1-16(2)24(21,22)14-6-4-12(5-7-14)10-15(18)17(3)13-8-9-23(19,20)11-13/h4-7,13H,8-11H2,1-3H3. The lowest BCUT2D eigenvalue weighted by Gasteiger charge is -2.23. The fourth-order valence-corrected chi connectivity index (χ4v) is 5.25. The Morgan fingerprint density at radius 3 is 2.21 bits per heavy atom. The average Bonchev–Trinajstić information content (AvgIpc) is 2.87. The predicted octanol–water partition coefficient (Wildman–Crippen LogP) is 0.125. The maximum atomic E-state index is 12.3. The van der Waals surface area contributed by atoms with Gasteiger partial charge in [0.25, 0.3) is 0 Å². The number of sulfonamides is 1. The van der Waals surface area contributed by atoms with Gasteiger partial charge >= 0.3 is 0 Å². The summed E-state index contributed by atoms with van der Waals surface area (Å²) in [5.74, 6) is -0.0536. The molecule has 9 heteroatoms. The van der Waals surface area contributed by atoms with Crippen LogP contribution in [0.1, 0.15) is 12.0 Å². The molecule has 1 amide bonds. The second-order valence-electron chi connectivity index (χ2n) is 6.17. The van der Waals surface area contributed by atoms with E-state index in [4.69, 9.17) is 0 Å². The van der Waals surface area contributed by atoms with Crippen LogP contribution in [0.25, 0.3) is 0 Å². The molecule has 0 aromatic heterocycles. The van der Waals surface area contributed by atoms with Crippen LogP contribution in [0.3, 0.4) is 0 Å². The molecule has 1 unspecified atom stereocenters. The van der Waals surface area contributed by atoms with Crippen molar-refractivity contribution in [3.8, 4) is 0 Å². The lowest BCUT2D eigenvalue weighted by molar-refractivity contribution is -0.130. The zero-order valence-electron chi connectivity index (χ0n) is 14.0. The van der Waals surface area contributed by atoms with E-state index in [0.29, 0.717) is 12.0 Å². The molecule has 1 heterocycles. The summed E-state index contributed by atoms with van der Waals surface area (Å²) in [4.78, 5) is 14.0. The van der Waals surface area contributed by atoms with Crippen molar-refractivity contribution in [3.63, 3.8) is 0 Å². The van der Waals surface area contributed by atoms with Crippen LogP contribution in [0, 0.1) is 0 Å². The summed E-state index contributed by atoms with van der Waals surface area (Å²) in [6, 6.07) is 5.87. The number of hydrogen-bond acceptors (Lipinski definition) is 5. The molecule has 1 aromatic rings. The average molecular weight is 374 g/mol. The lowest BCUT2D eigenvalue weighted by Crippen LogP contribution is -2.38. The maximum absolute atomic E-state index is 12.3. The van der Waals surface area contributed by atoms with Crippen molar-refractivity contribution < 1.29 is 21.6 Å². The summed E-state index contributed by atoms with van der Waals surface area (Å²) in [6.07, 6.45) is 0.569. The molecule has 0 radical (unpaired) electrons. The number of rotatable bonds is 5. The van der Waals surface area contributed by atoms with Gasteiger partial charge in [-0.1, -0.05) is 12.1 Å². The summed E-state index contributed by atoms with van der Waals surface area (Å²) >= 11 is 0. The van der Waals surface area contributed by atoms with Crippen LogP contribution in [0.5, 0.6) is 0 Å². The van der Waals surface area contributed by atoms with E-state index in [1.807, 2.05) is 0 Å². The minimum atomic E-state index is -3.49. The van der Waals surface area contributed by atoms with Crippen molar-refractivity contribution in [2.45, 2.75) is 23.8 Å². The Hall–Kier alpha value is -1.45. The smallest absolute Gasteiger partial charge is 0.242 e. The van der Waals surface area contributed by atoms with Crippen LogP contribution < -0.4 is 0 Å². The van der Waals surface area contributed by atoms with Crippen LogP contribution in [0.15, 0.2) is 29.2 Å². The fraction of sp³-hybridized carbons (Fsp3) is 0.533. The lowest BCUT2D eigenvalue weighted by atomic mass is 10.1. The third kappa shape index (κ3) is 4.14. The van der Waals surface area contributed by atoms with Crippen molar-refractivity contribution in [1.29, 1.82) is 0 Å². The van der Waals surface area contributed by atoms with Gasteiger partial charge in [-0.3, -0.25) is 4.79 Å². The molecule has 24 heavy (non-hydrogen) atoms. The van der Waals surface area contributed by atoms with Gasteiger partial charge in [0.2, 0.25) is 15.9 Å². The Labute approximate surface area is 143 Å². The molecule has 0 spiro atoms. The van der Waals surface area contributed by atoms with Crippen LogP contribution >= 0.6 is 0 Å². The molecule has 7 nitrogen and oxygen atoms in total. The third-order valence-electron chi connectivity index (χ3n) is 4.21. The van der Waals surface area contributed by atoms with Crippen molar-refractivity contribution >= 4 is 25.8 Å². The van der Waals surface area contributed by atoms with E-state index in [-0.39, 0.29) is 34.8 Å². The number of amides is 1. The molecule has 0 saturated carbocycles. The summed E-state index contributed by atoms with van der Waals surface area (Å²) in [6.45, 7) is 0. The van der Waals surface area contributed by atoms with Gasteiger partial charge in [0, 0.05) is 27.2 Å². The van der Waals surface area contributed by atoms with Crippen molar-refractivity contribution in [2.24, 2.45) is 0 Å². The quantitative estimate of drug-likeness (QED) is 0.730. The van der Waals surface area contributed by atoms with E-state index in [9.17, 15) is 21.6 Å². The second kappa shape index (κ2) is 6.81. The molecule has 1 fully saturated rings. The van der Waals surface area contributed by atoms with Gasteiger partial charge in [-0.25, -0.2) is 21.1 Å². The van der Waals surface area contributed by atoms with Crippen molar-refractivity contribution in [2.75, 3.05) is 32.6 Å². The fourth-order valence-electron chi connectivity index (χ4n) is 2.57. The first kappa shape index (κ1) is 18.9. The maximum Gasteiger partial charge on any atom is 0.242 e. The number of benzene rings is 1. The first-order chi connectivity index (χ1) is 11.0. The SMILES string of the molecule is CN(C(=O)Cc1ccc(S(=O)(=O)N(C)C)cc1)C1CCS(=O)(=O)C1. The molecule has 1 aliphatic rings. The number of carbonyl (C=O) groups is 1. The Morgan fingerprint density at radius 1 is 1.17 bits per heavy atom. The number of nitrogens with zero attached hydrogens (tertiary/aromatic N) is 2. The molecule has 1 aromatic carbocycles. The van der Waals surface area contributed by atoms with E-state index in [0.717, 1.165) is 4.31 Å². The van der Waals surface area contributed by atoms with E-state index in [2.05, 4.69) is 0 Å². The molecule has 134 valence electrons. The van der Waals surface area contributed by atoms with E-state index in [1.54, 1.807) is 19.2 Å². The molecule has 1 atom stereocenters. The van der Waals surface area contributed by atoms with Crippen molar-refractivity contribution in [1.82, 2.24) is 9.21 Å². The first-order valence-corrected chi connectivity index (χ1v) is 10.8. The highest BCUT2D eigenvalue weighted by molar-refractivity contribution is 7.91. The number of carbonyl (C=O) groups excluding carboxylic acids is 1. The van der Waals surface area contributed by atoms with Gasteiger partial charge < -0.3 is 4.90 Å². The topological polar surface area (TPSA) is 91.8 Å². The summed E-state index contributed by atoms with van der Waals surface area (Å²) in [5.41, 5.74) is 0.686. The highest BCUT2D eigenvalue weighted by atomic mass is 32.2. The van der Waals surface area contributed by atoms with Crippen LogP contribution in [-0.4, -0.2) is 70.6 Å². The first-order valence-electron chi connectivity index (χ1n) is 7.50. The van der Waals surface area contributed by atoms with Gasteiger partial charge in [-0.15, -0.1) is 0 Å². The number of hydrogen-bond donors (Lipinski definition) is 0. The molecule has 0 bridgehead atoms. The zero-order chi connectivity index (χ0) is 18.1. The molecule has 1 aliphatic heterocycles. The van der Waals surface area contributed by atoms with Crippen LogP contribution in [0.2, 0.25) is 0 Å². The highest BCUT2D eigenvalue weighted by Gasteiger charge is 2.32. The van der Waals surface area contributed by atoms with Crippen LogP contribution in [0.4, 0.5) is 0 Å². The van der Waals surface area contributed by atoms with Gasteiger partial charge in [-0.05, 0) is 24.1 Å². The van der Waals surface area contributed by atoms with Gasteiger partial charge in [0.05, 0.1) is 22.8 Å². The summed E-state index contributed by atoms with van der Waals surface area (Å²) < 4.78 is 48.2. The Bertz CT molecular complexity index is 814. The van der Waals surface area contributed by atoms with Crippen molar-refractivity contribution in [3.05, 3.63) is 29.8 Å². The normalized spacial score (nSPS) is 20.2. The third-order valence-corrected chi connectivity index (χ3v) is 7.79. The van der Waals surface area contributed by atoms with E-state index < -0.39 is 19.9 Å². The molecule has 1 saturated heterocycles. The monoisotopic (exact) mass is 374 g/mol. The minimum absolute atomic E-state index is 0.00918. The molecular weight excluding hydrogens is 352 g/mol. The van der Waals surface area contributed by atoms with E-state index in [1.165, 1.54) is 31.1 Å². The Morgan fingerprint density at radius 2 is 1.75 bits per heavy atom. The Kier molecular flexibility index (Phi) is 5.36. The number of sulfone groups is 1. The number of likely N-dealkylation sites (N-methyl/N-ethyl adjacent to an activating group) is 1.